The van der Waals surface area contributed by atoms with Crippen molar-refractivity contribution in [2.24, 2.45) is 23.7 Å². The molecule has 15 heavy (non-hydrogen) atoms. The van der Waals surface area contributed by atoms with Crippen LogP contribution in [0.2, 0.25) is 0 Å². The zero-order chi connectivity index (χ0) is 11.4. The fraction of sp³-hybridized carbons (Fsp3) is 0.923. The van der Waals surface area contributed by atoms with Gasteiger partial charge in [-0.05, 0) is 30.6 Å². The first-order chi connectivity index (χ1) is 7.13. The minimum atomic E-state index is -0.0322. The van der Waals surface area contributed by atoms with E-state index in [-0.39, 0.29) is 11.9 Å². The van der Waals surface area contributed by atoms with Crippen LogP contribution in [0.25, 0.3) is 0 Å². The Morgan fingerprint density at radius 2 is 2.00 bits per heavy atom. The van der Waals surface area contributed by atoms with Crippen molar-refractivity contribution in [3.63, 3.8) is 0 Å². The number of carbonyl (C=O) groups is 1. The van der Waals surface area contributed by atoms with Crippen LogP contribution >= 0.6 is 0 Å². The summed E-state index contributed by atoms with van der Waals surface area (Å²) >= 11 is 0. The average molecular weight is 212 g/mol. The molecule has 2 heteroatoms. The van der Waals surface area contributed by atoms with E-state index in [0.717, 1.165) is 11.8 Å². The van der Waals surface area contributed by atoms with E-state index in [4.69, 9.17) is 4.74 Å². The molecule has 0 N–H and O–H groups in total. The monoisotopic (exact) mass is 212 g/mol. The SMILES string of the molecule is CCC1CC(CC)C(C(C)C(=O)OC)C1. The third-order valence-corrected chi connectivity index (χ3v) is 4.16. The summed E-state index contributed by atoms with van der Waals surface area (Å²) in [6.45, 7) is 6.51. The van der Waals surface area contributed by atoms with E-state index in [0.29, 0.717) is 5.92 Å². The third-order valence-electron chi connectivity index (χ3n) is 4.16. The van der Waals surface area contributed by atoms with Gasteiger partial charge in [0.2, 0.25) is 0 Å². The summed E-state index contributed by atoms with van der Waals surface area (Å²) in [6, 6.07) is 0. The van der Waals surface area contributed by atoms with Crippen LogP contribution in [0.1, 0.15) is 46.5 Å². The molecule has 0 radical (unpaired) electrons. The molecule has 4 unspecified atom stereocenters. The maximum absolute atomic E-state index is 11.5. The van der Waals surface area contributed by atoms with Crippen LogP contribution in [-0.2, 0) is 9.53 Å². The normalized spacial score (nSPS) is 32.7. The van der Waals surface area contributed by atoms with E-state index < -0.39 is 0 Å². The Kier molecular flexibility index (Phi) is 4.62. The molecule has 1 aliphatic rings. The van der Waals surface area contributed by atoms with Crippen LogP contribution in [0.15, 0.2) is 0 Å². The minimum absolute atomic E-state index is 0.0322. The summed E-state index contributed by atoms with van der Waals surface area (Å²) in [5.41, 5.74) is 0. The van der Waals surface area contributed by atoms with Gasteiger partial charge in [-0.2, -0.15) is 0 Å². The second kappa shape index (κ2) is 5.53. The van der Waals surface area contributed by atoms with Crippen LogP contribution in [0.5, 0.6) is 0 Å². The summed E-state index contributed by atoms with van der Waals surface area (Å²) in [5.74, 6) is 2.15. The van der Waals surface area contributed by atoms with Gasteiger partial charge in [0.1, 0.15) is 0 Å². The van der Waals surface area contributed by atoms with E-state index in [1.54, 1.807) is 0 Å². The molecule has 1 fully saturated rings. The van der Waals surface area contributed by atoms with Crippen molar-refractivity contribution in [3.8, 4) is 0 Å². The molecular formula is C13H24O2. The van der Waals surface area contributed by atoms with Gasteiger partial charge in [-0.1, -0.05) is 33.6 Å². The first-order valence-electron chi connectivity index (χ1n) is 6.21. The Labute approximate surface area is 93.4 Å². The number of ether oxygens (including phenoxy) is 1. The highest BCUT2D eigenvalue weighted by Gasteiger charge is 2.38. The molecule has 0 aromatic heterocycles. The Morgan fingerprint density at radius 3 is 2.47 bits per heavy atom. The largest absolute Gasteiger partial charge is 0.469 e. The van der Waals surface area contributed by atoms with E-state index >= 15 is 0 Å². The molecule has 0 heterocycles. The molecule has 0 saturated heterocycles. The lowest BCUT2D eigenvalue weighted by atomic mass is 9.83. The molecule has 1 rings (SSSR count). The zero-order valence-electron chi connectivity index (χ0n) is 10.5. The molecule has 1 aliphatic carbocycles. The second-order valence-electron chi connectivity index (χ2n) is 4.89. The van der Waals surface area contributed by atoms with Crippen LogP contribution in [0, 0.1) is 23.7 Å². The van der Waals surface area contributed by atoms with Gasteiger partial charge in [0.05, 0.1) is 13.0 Å². The molecule has 88 valence electrons. The molecule has 0 aliphatic heterocycles. The van der Waals surface area contributed by atoms with E-state index in [2.05, 4.69) is 13.8 Å². The van der Waals surface area contributed by atoms with Gasteiger partial charge in [0.25, 0.3) is 0 Å². The molecule has 0 aromatic carbocycles. The van der Waals surface area contributed by atoms with Crippen LogP contribution in [0.4, 0.5) is 0 Å². The molecule has 4 atom stereocenters. The highest BCUT2D eigenvalue weighted by atomic mass is 16.5. The Hall–Kier alpha value is -0.530. The Morgan fingerprint density at radius 1 is 1.33 bits per heavy atom. The predicted molar refractivity (Wildman–Crippen MR) is 61.5 cm³/mol. The number of esters is 1. The van der Waals surface area contributed by atoms with Crippen molar-refractivity contribution >= 4 is 5.97 Å². The lowest BCUT2D eigenvalue weighted by Gasteiger charge is -2.22. The number of hydrogen-bond acceptors (Lipinski definition) is 2. The van der Waals surface area contributed by atoms with E-state index in [1.807, 2.05) is 6.92 Å². The highest BCUT2D eigenvalue weighted by molar-refractivity contribution is 5.72. The van der Waals surface area contributed by atoms with E-state index in [9.17, 15) is 4.79 Å². The number of hydrogen-bond donors (Lipinski definition) is 0. The molecule has 0 bridgehead atoms. The van der Waals surface area contributed by atoms with Crippen molar-refractivity contribution in [1.29, 1.82) is 0 Å². The molecule has 2 nitrogen and oxygen atoms in total. The summed E-state index contributed by atoms with van der Waals surface area (Å²) in [7, 11) is 1.49. The molecule has 1 saturated carbocycles. The van der Waals surface area contributed by atoms with Crippen molar-refractivity contribution in [2.45, 2.75) is 46.5 Å². The van der Waals surface area contributed by atoms with Crippen LogP contribution in [-0.4, -0.2) is 13.1 Å². The lowest BCUT2D eigenvalue weighted by Crippen LogP contribution is -2.24. The fourth-order valence-electron chi connectivity index (χ4n) is 3.05. The topological polar surface area (TPSA) is 26.3 Å². The van der Waals surface area contributed by atoms with Crippen molar-refractivity contribution < 1.29 is 9.53 Å². The number of rotatable bonds is 4. The van der Waals surface area contributed by atoms with E-state index in [1.165, 1.54) is 32.8 Å². The third kappa shape index (κ3) is 2.73. The van der Waals surface area contributed by atoms with Gasteiger partial charge < -0.3 is 4.74 Å². The van der Waals surface area contributed by atoms with Gasteiger partial charge >= 0.3 is 5.97 Å². The number of carbonyl (C=O) groups excluding carboxylic acids is 1. The van der Waals surface area contributed by atoms with Gasteiger partial charge in [-0.25, -0.2) is 0 Å². The summed E-state index contributed by atoms with van der Waals surface area (Å²) < 4.78 is 4.85. The summed E-state index contributed by atoms with van der Waals surface area (Å²) in [5, 5.41) is 0. The van der Waals surface area contributed by atoms with Gasteiger partial charge in [0.15, 0.2) is 0 Å². The standard InChI is InChI=1S/C13H24O2/c1-5-10-7-11(6-2)12(8-10)9(3)13(14)15-4/h9-12H,5-8H2,1-4H3. The maximum atomic E-state index is 11.5. The maximum Gasteiger partial charge on any atom is 0.308 e. The lowest BCUT2D eigenvalue weighted by molar-refractivity contribution is -0.147. The summed E-state index contributed by atoms with van der Waals surface area (Å²) in [6.07, 6.45) is 4.97. The fourth-order valence-corrected chi connectivity index (χ4v) is 3.05. The smallest absolute Gasteiger partial charge is 0.308 e. The quantitative estimate of drug-likeness (QED) is 0.669. The van der Waals surface area contributed by atoms with Gasteiger partial charge in [-0.15, -0.1) is 0 Å². The van der Waals surface area contributed by atoms with Crippen LogP contribution in [0.3, 0.4) is 0 Å². The molecule has 0 amide bonds. The minimum Gasteiger partial charge on any atom is -0.469 e. The molecule has 0 spiro atoms. The Balaban J connectivity index is 2.63. The first-order valence-corrected chi connectivity index (χ1v) is 6.21. The van der Waals surface area contributed by atoms with Crippen molar-refractivity contribution in [3.05, 3.63) is 0 Å². The molecular weight excluding hydrogens is 188 g/mol. The van der Waals surface area contributed by atoms with Crippen molar-refractivity contribution in [2.75, 3.05) is 7.11 Å². The highest BCUT2D eigenvalue weighted by Crippen LogP contribution is 2.43. The first kappa shape index (κ1) is 12.5. The van der Waals surface area contributed by atoms with Crippen LogP contribution < -0.4 is 0 Å². The van der Waals surface area contributed by atoms with Gasteiger partial charge in [-0.3, -0.25) is 4.79 Å². The second-order valence-corrected chi connectivity index (χ2v) is 4.89. The average Bonchev–Trinajstić information content (AvgIpc) is 2.69. The van der Waals surface area contributed by atoms with Gasteiger partial charge in [0, 0.05) is 0 Å². The number of methoxy groups -OCH3 is 1. The zero-order valence-corrected chi connectivity index (χ0v) is 10.5. The molecule has 0 aromatic rings. The Bertz CT molecular complexity index is 213. The predicted octanol–water partition coefficient (Wildman–Crippen LogP) is 3.26. The van der Waals surface area contributed by atoms with Crippen molar-refractivity contribution in [1.82, 2.24) is 0 Å². The summed E-state index contributed by atoms with van der Waals surface area (Å²) in [4.78, 5) is 11.5.